The summed E-state index contributed by atoms with van der Waals surface area (Å²) in [5.41, 5.74) is 2.96. The SMILES string of the molecule is Cc1nn(C)cc1NCc1ccc(O)c(Cl)c1. The number of phenols is 1. The highest BCUT2D eigenvalue weighted by atomic mass is 35.5. The lowest BCUT2D eigenvalue weighted by Gasteiger charge is -2.06. The summed E-state index contributed by atoms with van der Waals surface area (Å²) in [4.78, 5) is 0. The number of aryl methyl sites for hydroxylation is 2. The molecule has 4 nitrogen and oxygen atoms in total. The molecule has 0 bridgehead atoms. The number of aromatic nitrogens is 2. The molecule has 0 fully saturated rings. The van der Waals surface area contributed by atoms with Gasteiger partial charge in [-0.15, -0.1) is 0 Å². The number of nitrogens with one attached hydrogen (secondary N) is 1. The zero-order valence-electron chi connectivity index (χ0n) is 9.74. The van der Waals surface area contributed by atoms with Crippen molar-refractivity contribution in [1.29, 1.82) is 0 Å². The zero-order chi connectivity index (χ0) is 12.4. The van der Waals surface area contributed by atoms with Crippen molar-refractivity contribution < 1.29 is 5.11 Å². The van der Waals surface area contributed by atoms with Crippen molar-refractivity contribution in [2.45, 2.75) is 13.5 Å². The minimum absolute atomic E-state index is 0.105. The Morgan fingerprint density at radius 2 is 2.24 bits per heavy atom. The van der Waals surface area contributed by atoms with Crippen molar-refractivity contribution in [1.82, 2.24) is 9.78 Å². The molecule has 0 saturated carbocycles. The molecule has 0 saturated heterocycles. The number of anilines is 1. The van der Waals surface area contributed by atoms with Crippen molar-refractivity contribution >= 4 is 17.3 Å². The summed E-state index contributed by atoms with van der Waals surface area (Å²) in [5.74, 6) is 0.105. The number of nitrogens with zero attached hydrogens (tertiary/aromatic N) is 2. The van der Waals surface area contributed by atoms with Gasteiger partial charge in [-0.3, -0.25) is 4.68 Å². The van der Waals surface area contributed by atoms with Gasteiger partial charge in [-0.25, -0.2) is 0 Å². The molecule has 90 valence electrons. The minimum atomic E-state index is 0.105. The molecule has 1 aromatic carbocycles. The van der Waals surface area contributed by atoms with Crippen LogP contribution in [-0.2, 0) is 13.6 Å². The summed E-state index contributed by atoms with van der Waals surface area (Å²) < 4.78 is 1.77. The molecule has 2 rings (SSSR count). The van der Waals surface area contributed by atoms with Crippen LogP contribution in [0.5, 0.6) is 5.75 Å². The monoisotopic (exact) mass is 251 g/mol. The molecule has 0 aliphatic rings. The van der Waals surface area contributed by atoms with Crippen molar-refractivity contribution in [3.63, 3.8) is 0 Å². The molecule has 1 aromatic heterocycles. The van der Waals surface area contributed by atoms with Gasteiger partial charge in [0.05, 0.1) is 16.4 Å². The second-order valence-electron chi connectivity index (χ2n) is 3.94. The van der Waals surface area contributed by atoms with Gasteiger partial charge in [0.25, 0.3) is 0 Å². The maximum atomic E-state index is 9.31. The van der Waals surface area contributed by atoms with Gasteiger partial charge in [-0.1, -0.05) is 17.7 Å². The van der Waals surface area contributed by atoms with E-state index < -0.39 is 0 Å². The molecule has 0 amide bonds. The fourth-order valence-corrected chi connectivity index (χ4v) is 1.83. The molecular formula is C12H14ClN3O. The van der Waals surface area contributed by atoms with Gasteiger partial charge in [-0.05, 0) is 24.6 Å². The van der Waals surface area contributed by atoms with E-state index in [1.54, 1.807) is 16.8 Å². The van der Waals surface area contributed by atoms with Crippen molar-refractivity contribution in [2.24, 2.45) is 7.05 Å². The van der Waals surface area contributed by atoms with Gasteiger partial charge in [-0.2, -0.15) is 5.10 Å². The Kier molecular flexibility index (Phi) is 3.24. The van der Waals surface area contributed by atoms with E-state index in [1.807, 2.05) is 26.2 Å². The Morgan fingerprint density at radius 1 is 1.47 bits per heavy atom. The van der Waals surface area contributed by atoms with E-state index in [-0.39, 0.29) is 5.75 Å². The van der Waals surface area contributed by atoms with E-state index >= 15 is 0 Å². The third-order valence-electron chi connectivity index (χ3n) is 2.51. The maximum Gasteiger partial charge on any atom is 0.134 e. The molecular weight excluding hydrogens is 238 g/mol. The molecule has 0 unspecified atom stereocenters. The molecule has 2 N–H and O–H groups in total. The number of halogens is 1. The van der Waals surface area contributed by atoms with Crippen LogP contribution in [0.3, 0.4) is 0 Å². The number of aromatic hydroxyl groups is 1. The molecule has 0 aliphatic carbocycles. The highest BCUT2D eigenvalue weighted by Crippen LogP contribution is 2.24. The van der Waals surface area contributed by atoms with Gasteiger partial charge in [0.1, 0.15) is 5.75 Å². The summed E-state index contributed by atoms with van der Waals surface area (Å²) in [6.07, 6.45) is 1.93. The summed E-state index contributed by atoms with van der Waals surface area (Å²) >= 11 is 5.84. The fraction of sp³-hybridized carbons (Fsp3) is 0.250. The van der Waals surface area contributed by atoms with Crippen molar-refractivity contribution in [3.8, 4) is 5.75 Å². The van der Waals surface area contributed by atoms with Crippen molar-refractivity contribution in [3.05, 3.63) is 40.7 Å². The van der Waals surface area contributed by atoms with E-state index in [9.17, 15) is 5.11 Å². The largest absolute Gasteiger partial charge is 0.506 e. The second-order valence-corrected chi connectivity index (χ2v) is 4.35. The molecule has 0 aliphatic heterocycles. The summed E-state index contributed by atoms with van der Waals surface area (Å²) in [7, 11) is 1.88. The van der Waals surface area contributed by atoms with Crippen LogP contribution in [0.1, 0.15) is 11.3 Å². The van der Waals surface area contributed by atoms with Gasteiger partial charge < -0.3 is 10.4 Å². The molecule has 0 radical (unpaired) electrons. The summed E-state index contributed by atoms with van der Waals surface area (Å²) in [6, 6.07) is 5.17. The second kappa shape index (κ2) is 4.67. The average molecular weight is 252 g/mol. The van der Waals surface area contributed by atoms with Crippen LogP contribution < -0.4 is 5.32 Å². The topological polar surface area (TPSA) is 50.1 Å². The molecule has 0 atom stereocenters. The first-order valence-electron chi connectivity index (χ1n) is 5.28. The summed E-state index contributed by atoms with van der Waals surface area (Å²) in [6.45, 7) is 2.60. The highest BCUT2D eigenvalue weighted by molar-refractivity contribution is 6.32. The number of benzene rings is 1. The van der Waals surface area contributed by atoms with Gasteiger partial charge in [0.2, 0.25) is 0 Å². The number of rotatable bonds is 3. The Labute approximate surface area is 105 Å². The first kappa shape index (κ1) is 11.8. The highest BCUT2D eigenvalue weighted by Gasteiger charge is 2.03. The first-order valence-corrected chi connectivity index (χ1v) is 5.65. The quantitative estimate of drug-likeness (QED) is 0.882. The Hall–Kier alpha value is -1.68. The number of hydrogen-bond acceptors (Lipinski definition) is 3. The maximum absolute atomic E-state index is 9.31. The van der Waals surface area contributed by atoms with Crippen LogP contribution in [-0.4, -0.2) is 14.9 Å². The number of hydrogen-bond donors (Lipinski definition) is 2. The molecule has 1 heterocycles. The standard InChI is InChI=1S/C12H14ClN3O/c1-8-11(7-16(2)15-8)14-6-9-3-4-12(17)10(13)5-9/h3-5,7,14,17H,6H2,1-2H3. The van der Waals surface area contributed by atoms with E-state index in [0.717, 1.165) is 16.9 Å². The predicted octanol–water partition coefficient (Wildman–Crippen LogP) is 2.70. The smallest absolute Gasteiger partial charge is 0.134 e. The predicted molar refractivity (Wildman–Crippen MR) is 68.4 cm³/mol. The van der Waals surface area contributed by atoms with Crippen LogP contribution in [0.15, 0.2) is 24.4 Å². The molecule has 2 aromatic rings. The average Bonchev–Trinajstić information content (AvgIpc) is 2.59. The first-order chi connectivity index (χ1) is 8.06. The van der Waals surface area contributed by atoms with Crippen LogP contribution >= 0.6 is 11.6 Å². The van der Waals surface area contributed by atoms with E-state index in [2.05, 4.69) is 10.4 Å². The molecule has 17 heavy (non-hydrogen) atoms. The fourth-order valence-electron chi connectivity index (χ4n) is 1.63. The molecule has 5 heteroatoms. The van der Waals surface area contributed by atoms with Gasteiger partial charge in [0.15, 0.2) is 0 Å². The van der Waals surface area contributed by atoms with Crippen LogP contribution in [0.4, 0.5) is 5.69 Å². The minimum Gasteiger partial charge on any atom is -0.506 e. The Balaban J connectivity index is 2.07. The van der Waals surface area contributed by atoms with Crippen LogP contribution in [0.25, 0.3) is 0 Å². The van der Waals surface area contributed by atoms with Crippen LogP contribution in [0.2, 0.25) is 5.02 Å². The van der Waals surface area contributed by atoms with E-state index in [1.165, 1.54) is 0 Å². The van der Waals surface area contributed by atoms with Crippen LogP contribution in [0, 0.1) is 6.92 Å². The van der Waals surface area contributed by atoms with Gasteiger partial charge >= 0.3 is 0 Å². The third kappa shape index (κ3) is 2.71. The normalized spacial score (nSPS) is 10.5. The van der Waals surface area contributed by atoms with E-state index in [4.69, 9.17) is 11.6 Å². The zero-order valence-corrected chi connectivity index (χ0v) is 10.5. The van der Waals surface area contributed by atoms with Crippen molar-refractivity contribution in [2.75, 3.05) is 5.32 Å². The third-order valence-corrected chi connectivity index (χ3v) is 2.81. The lowest BCUT2D eigenvalue weighted by atomic mass is 10.2. The Bertz CT molecular complexity index is 537. The summed E-state index contributed by atoms with van der Waals surface area (Å²) in [5, 5.41) is 17.2. The molecule has 0 spiro atoms. The van der Waals surface area contributed by atoms with E-state index in [0.29, 0.717) is 11.6 Å². The lowest BCUT2D eigenvalue weighted by molar-refractivity contribution is 0.475. The number of phenolic OH excluding ortho intramolecular Hbond substituents is 1. The van der Waals surface area contributed by atoms with Gasteiger partial charge in [0, 0.05) is 19.8 Å². The lowest BCUT2D eigenvalue weighted by Crippen LogP contribution is -1.99. The Morgan fingerprint density at radius 3 is 2.82 bits per heavy atom.